The van der Waals surface area contributed by atoms with Crippen LogP contribution in [-0.4, -0.2) is 34.1 Å². The van der Waals surface area contributed by atoms with Crippen molar-refractivity contribution >= 4 is 12.1 Å². The first-order valence-corrected chi connectivity index (χ1v) is 5.74. The summed E-state index contributed by atoms with van der Waals surface area (Å²) in [5, 5.41) is 18.2. The fraction of sp³-hybridized carbons (Fsp3) is 0.0769. The van der Waals surface area contributed by atoms with Crippen molar-refractivity contribution in [2.75, 3.05) is 6.79 Å². The minimum Gasteiger partial charge on any atom is -0.494 e. The van der Waals surface area contributed by atoms with Crippen molar-refractivity contribution in [3.63, 3.8) is 0 Å². The Morgan fingerprint density at radius 3 is 2.43 bits per heavy atom. The smallest absolute Gasteiger partial charge is 0.494 e. The molecule has 3 N–H and O–H groups in total. The van der Waals surface area contributed by atoms with Gasteiger partial charge in [0.25, 0.3) is 0 Å². The van der Waals surface area contributed by atoms with E-state index >= 15 is 0 Å². The molecular weight excluding hydrogens is 282 g/mol. The third-order valence-corrected chi connectivity index (χ3v) is 2.32. The van der Waals surface area contributed by atoms with Gasteiger partial charge in [-0.25, -0.2) is 9.59 Å². The van der Waals surface area contributed by atoms with Crippen LogP contribution in [0.4, 0.5) is 4.79 Å². The molecule has 1 heterocycles. The highest BCUT2D eigenvalue weighted by atomic mass is 16.8. The summed E-state index contributed by atoms with van der Waals surface area (Å²) >= 11 is 0. The zero-order chi connectivity index (χ0) is 15.2. The molecular formula is C13H11NO7. The number of esters is 1. The quantitative estimate of drug-likeness (QED) is 0.580. The Kier molecular flexibility index (Phi) is 4.30. The summed E-state index contributed by atoms with van der Waals surface area (Å²) in [6.07, 6.45) is -1.20. The number of hydrogen-bond acceptors (Lipinski definition) is 7. The molecule has 0 saturated carbocycles. The maximum absolute atomic E-state index is 11.5. The zero-order valence-corrected chi connectivity index (χ0v) is 10.6. The van der Waals surface area contributed by atoms with Crippen LogP contribution < -0.4 is 4.74 Å². The van der Waals surface area contributed by atoms with Gasteiger partial charge in [0.2, 0.25) is 12.7 Å². The van der Waals surface area contributed by atoms with E-state index in [1.165, 1.54) is 0 Å². The van der Waals surface area contributed by atoms with Crippen molar-refractivity contribution in [2.24, 2.45) is 0 Å². The third-order valence-electron chi connectivity index (χ3n) is 2.32. The molecule has 0 radical (unpaired) electrons. The number of nitrogens with one attached hydrogen (secondary N) is 1. The van der Waals surface area contributed by atoms with Crippen LogP contribution in [-0.2, 0) is 9.47 Å². The summed E-state index contributed by atoms with van der Waals surface area (Å²) in [5.41, 5.74) is 0.308. The van der Waals surface area contributed by atoms with E-state index in [9.17, 15) is 14.7 Å². The molecule has 0 fully saturated rings. The third kappa shape index (κ3) is 3.90. The number of rotatable bonds is 4. The molecule has 0 aliphatic heterocycles. The van der Waals surface area contributed by atoms with Gasteiger partial charge in [0, 0.05) is 6.07 Å². The number of carbonyl (C=O) groups excluding carboxylic acids is 2. The molecule has 1 aromatic heterocycles. The highest BCUT2D eigenvalue weighted by Crippen LogP contribution is 2.29. The number of H-pyrrole nitrogens is 1. The van der Waals surface area contributed by atoms with Gasteiger partial charge in [-0.3, -0.25) is 4.98 Å². The maximum atomic E-state index is 11.5. The van der Waals surface area contributed by atoms with Gasteiger partial charge in [-0.15, -0.1) is 0 Å². The van der Waals surface area contributed by atoms with Gasteiger partial charge in [0.1, 0.15) is 0 Å². The van der Waals surface area contributed by atoms with Crippen molar-refractivity contribution in [1.82, 2.24) is 4.98 Å². The van der Waals surface area contributed by atoms with Gasteiger partial charge >= 0.3 is 12.1 Å². The van der Waals surface area contributed by atoms with E-state index in [0.717, 1.165) is 6.07 Å². The Morgan fingerprint density at radius 1 is 1.10 bits per heavy atom. The highest BCUT2D eigenvalue weighted by Gasteiger charge is 2.14. The molecule has 0 amide bonds. The molecule has 110 valence electrons. The average molecular weight is 293 g/mol. The molecule has 0 aliphatic carbocycles. The first-order chi connectivity index (χ1) is 10.1. The molecule has 0 bridgehead atoms. The summed E-state index contributed by atoms with van der Waals surface area (Å²) in [4.78, 5) is 24.9. The topological polar surface area (TPSA) is 118 Å². The van der Waals surface area contributed by atoms with Crippen molar-refractivity contribution < 1.29 is 34.0 Å². The van der Waals surface area contributed by atoms with E-state index < -0.39 is 24.8 Å². The predicted octanol–water partition coefficient (Wildman–Crippen LogP) is 1.76. The van der Waals surface area contributed by atoms with Crippen LogP contribution in [0, 0.1) is 0 Å². The number of hydrogen-bond donors (Lipinski definition) is 3. The Hall–Kier alpha value is -3.16. The molecule has 0 unspecified atom stereocenters. The summed E-state index contributed by atoms with van der Waals surface area (Å²) in [5.74, 6) is -1.89. The number of carbonyl (C=O) groups is 2. The maximum Gasteiger partial charge on any atom is 0.516 e. The molecule has 21 heavy (non-hydrogen) atoms. The lowest BCUT2D eigenvalue weighted by molar-refractivity contribution is -0.0144. The lowest BCUT2D eigenvalue weighted by atomic mass is 10.2. The van der Waals surface area contributed by atoms with Crippen LogP contribution >= 0.6 is 0 Å². The standard InChI is InChI=1S/C13H11NO7/c15-10-6-9(11(16)14-10)21-13(18)20-7-19-12(17)8-4-2-1-3-5-8/h1-6,14-16H,7H2. The van der Waals surface area contributed by atoms with E-state index in [2.05, 4.69) is 14.5 Å². The van der Waals surface area contributed by atoms with Gasteiger partial charge in [0.05, 0.1) is 5.56 Å². The second-order valence-electron chi connectivity index (χ2n) is 3.78. The Bertz CT molecular complexity index is 635. The average Bonchev–Trinajstić information content (AvgIpc) is 2.77. The Morgan fingerprint density at radius 2 is 1.81 bits per heavy atom. The van der Waals surface area contributed by atoms with Crippen molar-refractivity contribution in [1.29, 1.82) is 0 Å². The Balaban J connectivity index is 1.77. The predicted molar refractivity (Wildman–Crippen MR) is 68.0 cm³/mol. The van der Waals surface area contributed by atoms with Gasteiger partial charge in [-0.05, 0) is 12.1 Å². The van der Waals surface area contributed by atoms with Crippen LogP contribution in [0.3, 0.4) is 0 Å². The van der Waals surface area contributed by atoms with E-state index in [1.54, 1.807) is 30.3 Å². The van der Waals surface area contributed by atoms with Crippen LogP contribution in [0.2, 0.25) is 0 Å². The second-order valence-corrected chi connectivity index (χ2v) is 3.78. The number of aromatic amines is 1. The van der Waals surface area contributed by atoms with E-state index in [-0.39, 0.29) is 11.6 Å². The fourth-order valence-electron chi connectivity index (χ4n) is 1.40. The number of ether oxygens (including phenoxy) is 3. The molecule has 0 saturated heterocycles. The van der Waals surface area contributed by atoms with Gasteiger partial charge in [-0.1, -0.05) is 18.2 Å². The van der Waals surface area contributed by atoms with E-state index in [1.807, 2.05) is 0 Å². The molecule has 8 heteroatoms. The lowest BCUT2D eigenvalue weighted by Crippen LogP contribution is -2.15. The summed E-state index contributed by atoms with van der Waals surface area (Å²) in [6, 6.07) is 9.12. The van der Waals surface area contributed by atoms with Gasteiger partial charge in [-0.2, -0.15) is 0 Å². The van der Waals surface area contributed by atoms with E-state index in [0.29, 0.717) is 5.56 Å². The van der Waals surface area contributed by atoms with Gasteiger partial charge in [0.15, 0.2) is 11.6 Å². The first-order valence-electron chi connectivity index (χ1n) is 5.74. The Labute approximate surface area is 118 Å². The molecule has 1 aromatic carbocycles. The number of aromatic nitrogens is 1. The normalized spacial score (nSPS) is 9.90. The lowest BCUT2D eigenvalue weighted by Gasteiger charge is -2.06. The zero-order valence-electron chi connectivity index (χ0n) is 10.6. The molecule has 0 spiro atoms. The van der Waals surface area contributed by atoms with Crippen LogP contribution in [0.25, 0.3) is 0 Å². The summed E-state index contributed by atoms with van der Waals surface area (Å²) in [7, 11) is 0. The van der Waals surface area contributed by atoms with Crippen LogP contribution in [0.5, 0.6) is 17.5 Å². The fourth-order valence-corrected chi connectivity index (χ4v) is 1.40. The molecule has 0 aliphatic rings. The first kappa shape index (κ1) is 14.3. The van der Waals surface area contributed by atoms with Crippen LogP contribution in [0.1, 0.15) is 10.4 Å². The van der Waals surface area contributed by atoms with Crippen molar-refractivity contribution in [3.8, 4) is 17.5 Å². The summed E-state index contributed by atoms with van der Waals surface area (Å²) in [6.45, 7) is -0.649. The van der Waals surface area contributed by atoms with Crippen molar-refractivity contribution in [3.05, 3.63) is 42.0 Å². The highest BCUT2D eigenvalue weighted by molar-refractivity contribution is 5.89. The molecule has 2 rings (SSSR count). The minimum atomic E-state index is -1.20. The molecule has 2 aromatic rings. The number of benzene rings is 1. The van der Waals surface area contributed by atoms with Crippen molar-refractivity contribution in [2.45, 2.75) is 0 Å². The number of aromatic hydroxyl groups is 2. The molecule has 0 atom stereocenters. The monoisotopic (exact) mass is 293 g/mol. The SMILES string of the molecule is O=C(OCOC(=O)c1ccccc1)Oc1cc(O)[nH]c1O. The van der Waals surface area contributed by atoms with Gasteiger partial charge < -0.3 is 24.4 Å². The summed E-state index contributed by atoms with van der Waals surface area (Å²) < 4.78 is 13.7. The molecule has 8 nitrogen and oxygen atoms in total. The second kappa shape index (κ2) is 6.33. The largest absolute Gasteiger partial charge is 0.516 e. The minimum absolute atomic E-state index is 0.308. The van der Waals surface area contributed by atoms with E-state index in [4.69, 9.17) is 9.84 Å². The van der Waals surface area contributed by atoms with Crippen LogP contribution in [0.15, 0.2) is 36.4 Å².